The van der Waals surface area contributed by atoms with Crippen LogP contribution in [0.4, 0.5) is 0 Å². The molecule has 0 bridgehead atoms. The molecule has 1 aromatic carbocycles. The molecule has 0 spiro atoms. The fraction of sp³-hybridized carbons (Fsp3) is 0.462. The van der Waals surface area contributed by atoms with Crippen molar-refractivity contribution in [3.8, 4) is 5.75 Å². The second-order valence-electron chi connectivity index (χ2n) is 4.55. The molecule has 0 aromatic heterocycles. The molecule has 18 heavy (non-hydrogen) atoms. The third-order valence-electron chi connectivity index (χ3n) is 2.83. The first-order chi connectivity index (χ1) is 8.60. The molecule has 0 unspecified atom stereocenters. The zero-order chi connectivity index (χ0) is 13.1. The minimum absolute atomic E-state index is 0.0476. The van der Waals surface area contributed by atoms with Crippen molar-refractivity contribution >= 4 is 21.8 Å². The van der Waals surface area contributed by atoms with Gasteiger partial charge in [0.05, 0.1) is 0 Å². The van der Waals surface area contributed by atoms with Gasteiger partial charge in [-0.15, -0.1) is 0 Å². The van der Waals surface area contributed by atoms with Crippen molar-refractivity contribution in [2.45, 2.75) is 32.4 Å². The van der Waals surface area contributed by atoms with E-state index in [9.17, 15) is 4.79 Å². The van der Waals surface area contributed by atoms with Crippen molar-refractivity contribution < 1.29 is 9.53 Å². The van der Waals surface area contributed by atoms with E-state index >= 15 is 0 Å². The average molecular weight is 313 g/mol. The monoisotopic (exact) mass is 312 g/mol. The van der Waals surface area contributed by atoms with Gasteiger partial charge < -0.3 is 15.8 Å². The first kappa shape index (κ1) is 13.4. The highest BCUT2D eigenvalue weighted by Crippen LogP contribution is 2.27. The van der Waals surface area contributed by atoms with Crippen LogP contribution in [-0.4, -0.2) is 18.6 Å². The highest BCUT2D eigenvalue weighted by atomic mass is 79.9. The third kappa shape index (κ3) is 3.46. The summed E-state index contributed by atoms with van der Waals surface area (Å²) in [5, 5.41) is 2.89. The topological polar surface area (TPSA) is 64.3 Å². The molecule has 1 amide bonds. The van der Waals surface area contributed by atoms with E-state index in [-0.39, 0.29) is 12.5 Å². The molecule has 3 N–H and O–H groups in total. The first-order valence-electron chi connectivity index (χ1n) is 6.01. The summed E-state index contributed by atoms with van der Waals surface area (Å²) >= 11 is 3.42. The summed E-state index contributed by atoms with van der Waals surface area (Å²) in [5.74, 6) is 0.648. The smallest absolute Gasteiger partial charge is 0.258 e. The first-order valence-corrected chi connectivity index (χ1v) is 6.80. The molecular weight excluding hydrogens is 296 g/mol. The van der Waals surface area contributed by atoms with Crippen LogP contribution in [0.5, 0.6) is 5.75 Å². The predicted octanol–water partition coefficient (Wildman–Crippen LogP) is 1.87. The molecule has 2 rings (SSSR count). The second kappa shape index (κ2) is 5.71. The standard InChI is InChI=1S/C13H17BrN2O2/c1-8-4-10(14)5-9(6-15)13(8)18-7-12(17)16-11-2-3-11/h4-5,11H,2-3,6-7,15H2,1H3,(H,16,17). The summed E-state index contributed by atoms with van der Waals surface area (Å²) in [5.41, 5.74) is 7.56. The highest BCUT2D eigenvalue weighted by Gasteiger charge is 2.23. The van der Waals surface area contributed by atoms with Gasteiger partial charge in [0.15, 0.2) is 6.61 Å². The Bertz CT molecular complexity index is 459. The quantitative estimate of drug-likeness (QED) is 0.872. The Morgan fingerprint density at radius 1 is 1.56 bits per heavy atom. The number of hydrogen-bond acceptors (Lipinski definition) is 3. The average Bonchev–Trinajstić information content (AvgIpc) is 3.10. The van der Waals surface area contributed by atoms with Crippen LogP contribution in [0.1, 0.15) is 24.0 Å². The molecule has 1 aliphatic rings. The molecule has 0 aliphatic heterocycles. The molecule has 0 radical (unpaired) electrons. The van der Waals surface area contributed by atoms with Gasteiger partial charge in [-0.25, -0.2) is 0 Å². The van der Waals surface area contributed by atoms with Crippen LogP contribution in [0, 0.1) is 6.92 Å². The third-order valence-corrected chi connectivity index (χ3v) is 3.28. The minimum atomic E-state index is -0.0669. The lowest BCUT2D eigenvalue weighted by molar-refractivity contribution is -0.123. The number of carbonyl (C=O) groups excluding carboxylic acids is 1. The van der Waals surface area contributed by atoms with Gasteiger partial charge >= 0.3 is 0 Å². The van der Waals surface area contributed by atoms with Crippen molar-refractivity contribution in [3.63, 3.8) is 0 Å². The van der Waals surface area contributed by atoms with E-state index in [1.54, 1.807) is 0 Å². The van der Waals surface area contributed by atoms with Crippen LogP contribution in [0.2, 0.25) is 0 Å². The maximum absolute atomic E-state index is 11.6. The maximum atomic E-state index is 11.6. The summed E-state index contributed by atoms with van der Waals surface area (Å²) < 4.78 is 6.56. The van der Waals surface area contributed by atoms with Crippen molar-refractivity contribution in [2.24, 2.45) is 5.73 Å². The summed E-state index contributed by atoms with van der Waals surface area (Å²) in [6.07, 6.45) is 2.16. The minimum Gasteiger partial charge on any atom is -0.483 e. The van der Waals surface area contributed by atoms with E-state index < -0.39 is 0 Å². The molecular formula is C13H17BrN2O2. The number of benzene rings is 1. The van der Waals surface area contributed by atoms with Crippen LogP contribution in [0.15, 0.2) is 16.6 Å². The van der Waals surface area contributed by atoms with Gasteiger partial charge in [0.1, 0.15) is 5.75 Å². The number of carbonyl (C=O) groups is 1. The van der Waals surface area contributed by atoms with Gasteiger partial charge in [-0.3, -0.25) is 4.79 Å². The number of aryl methyl sites for hydroxylation is 1. The number of nitrogens with one attached hydrogen (secondary N) is 1. The summed E-state index contributed by atoms with van der Waals surface area (Å²) in [6, 6.07) is 4.23. The van der Waals surface area contributed by atoms with Gasteiger partial charge in [-0.1, -0.05) is 15.9 Å². The normalized spacial score (nSPS) is 14.4. The molecule has 1 aliphatic carbocycles. The lowest BCUT2D eigenvalue weighted by atomic mass is 10.1. The van der Waals surface area contributed by atoms with E-state index in [1.165, 1.54) is 0 Å². The number of rotatable bonds is 5. The number of hydrogen-bond donors (Lipinski definition) is 2. The fourth-order valence-corrected chi connectivity index (χ4v) is 2.41. The van der Waals surface area contributed by atoms with Crippen LogP contribution in [-0.2, 0) is 11.3 Å². The number of ether oxygens (including phenoxy) is 1. The Morgan fingerprint density at radius 3 is 2.89 bits per heavy atom. The molecule has 1 fully saturated rings. The Labute approximate surface area is 115 Å². The fourth-order valence-electron chi connectivity index (χ4n) is 1.79. The Morgan fingerprint density at radius 2 is 2.28 bits per heavy atom. The summed E-state index contributed by atoms with van der Waals surface area (Å²) in [6.45, 7) is 2.38. The SMILES string of the molecule is Cc1cc(Br)cc(CN)c1OCC(=O)NC1CC1. The lowest BCUT2D eigenvalue weighted by Gasteiger charge is -2.13. The van der Waals surface area contributed by atoms with E-state index in [0.29, 0.717) is 18.3 Å². The summed E-state index contributed by atoms with van der Waals surface area (Å²) in [4.78, 5) is 11.6. The zero-order valence-electron chi connectivity index (χ0n) is 10.3. The van der Waals surface area contributed by atoms with E-state index in [0.717, 1.165) is 28.4 Å². The number of nitrogens with two attached hydrogens (primary N) is 1. The largest absolute Gasteiger partial charge is 0.483 e. The maximum Gasteiger partial charge on any atom is 0.258 e. The van der Waals surface area contributed by atoms with Gasteiger partial charge in [0.25, 0.3) is 5.91 Å². The number of halogens is 1. The van der Waals surface area contributed by atoms with Crippen molar-refractivity contribution in [2.75, 3.05) is 6.61 Å². The van der Waals surface area contributed by atoms with Gasteiger partial charge in [0.2, 0.25) is 0 Å². The zero-order valence-corrected chi connectivity index (χ0v) is 11.9. The second-order valence-corrected chi connectivity index (χ2v) is 5.46. The Kier molecular flexibility index (Phi) is 4.24. The van der Waals surface area contributed by atoms with Crippen LogP contribution >= 0.6 is 15.9 Å². The van der Waals surface area contributed by atoms with Crippen LogP contribution in [0.25, 0.3) is 0 Å². The van der Waals surface area contributed by atoms with E-state index in [4.69, 9.17) is 10.5 Å². The van der Waals surface area contributed by atoms with Gasteiger partial charge in [-0.05, 0) is 37.5 Å². The van der Waals surface area contributed by atoms with Crippen LogP contribution in [0.3, 0.4) is 0 Å². The Hall–Kier alpha value is -1.07. The molecule has 98 valence electrons. The van der Waals surface area contributed by atoms with Crippen LogP contribution < -0.4 is 15.8 Å². The Balaban J connectivity index is 2.00. The molecule has 4 nitrogen and oxygen atoms in total. The van der Waals surface area contributed by atoms with E-state index in [2.05, 4.69) is 21.2 Å². The highest BCUT2D eigenvalue weighted by molar-refractivity contribution is 9.10. The molecule has 0 atom stereocenters. The lowest BCUT2D eigenvalue weighted by Crippen LogP contribution is -2.30. The molecule has 1 saturated carbocycles. The molecule has 5 heteroatoms. The van der Waals surface area contributed by atoms with Crippen molar-refractivity contribution in [1.82, 2.24) is 5.32 Å². The number of amides is 1. The van der Waals surface area contributed by atoms with Gasteiger partial charge in [0, 0.05) is 22.6 Å². The van der Waals surface area contributed by atoms with Crippen molar-refractivity contribution in [3.05, 3.63) is 27.7 Å². The van der Waals surface area contributed by atoms with E-state index in [1.807, 2.05) is 19.1 Å². The molecule has 1 aromatic rings. The molecule has 0 saturated heterocycles. The summed E-state index contributed by atoms with van der Waals surface area (Å²) in [7, 11) is 0. The molecule has 0 heterocycles. The van der Waals surface area contributed by atoms with Crippen molar-refractivity contribution in [1.29, 1.82) is 0 Å². The predicted molar refractivity (Wildman–Crippen MR) is 73.4 cm³/mol. The van der Waals surface area contributed by atoms with Gasteiger partial charge in [-0.2, -0.15) is 0 Å².